The van der Waals surface area contributed by atoms with Crippen molar-refractivity contribution < 1.29 is 4.79 Å². The summed E-state index contributed by atoms with van der Waals surface area (Å²) in [6, 6.07) is 9.48. The highest BCUT2D eigenvalue weighted by Gasteiger charge is 2.06. The fraction of sp³-hybridized carbons (Fsp3) is 0.143. The van der Waals surface area contributed by atoms with Crippen molar-refractivity contribution >= 4 is 45.4 Å². The molecule has 0 aliphatic carbocycles. The molecule has 102 valence electrons. The van der Waals surface area contributed by atoms with E-state index in [1.807, 2.05) is 30.3 Å². The third-order valence-electron chi connectivity index (χ3n) is 2.95. The quantitative estimate of drug-likeness (QED) is 0.769. The summed E-state index contributed by atoms with van der Waals surface area (Å²) in [5.74, 6) is -0.00612. The van der Waals surface area contributed by atoms with E-state index in [2.05, 4.69) is 15.5 Å². The Hall–Kier alpha value is -1.85. The van der Waals surface area contributed by atoms with Crippen molar-refractivity contribution in [3.63, 3.8) is 0 Å². The van der Waals surface area contributed by atoms with Gasteiger partial charge in [0.05, 0.1) is 16.0 Å². The van der Waals surface area contributed by atoms with Gasteiger partial charge in [0.1, 0.15) is 0 Å². The first-order valence-corrected chi connectivity index (χ1v) is 7.37. The summed E-state index contributed by atoms with van der Waals surface area (Å²) in [6.07, 6.45) is 2.90. The van der Waals surface area contributed by atoms with Crippen LogP contribution in [0, 0.1) is 0 Å². The van der Waals surface area contributed by atoms with Crippen molar-refractivity contribution in [1.29, 1.82) is 0 Å². The maximum absolute atomic E-state index is 11.9. The Morgan fingerprint density at radius 2 is 2.25 bits per heavy atom. The molecule has 2 aromatic heterocycles. The van der Waals surface area contributed by atoms with Crippen LogP contribution < -0.4 is 5.32 Å². The van der Waals surface area contributed by atoms with Crippen LogP contribution in [0.5, 0.6) is 0 Å². The largest absolute Gasteiger partial charge is 0.326 e. The van der Waals surface area contributed by atoms with Crippen molar-refractivity contribution in [2.75, 3.05) is 5.32 Å². The lowest BCUT2D eigenvalue weighted by Crippen LogP contribution is -2.11. The molecular weight excluding hydrogens is 294 g/mol. The molecule has 0 aliphatic rings. The summed E-state index contributed by atoms with van der Waals surface area (Å²) in [6.45, 7) is 0. The maximum Gasteiger partial charge on any atom is 0.224 e. The van der Waals surface area contributed by atoms with Gasteiger partial charge in [-0.25, -0.2) is 0 Å². The van der Waals surface area contributed by atoms with Gasteiger partial charge < -0.3 is 5.32 Å². The average Bonchev–Trinajstić information content (AvgIpc) is 3.04. The van der Waals surface area contributed by atoms with Crippen LogP contribution in [-0.4, -0.2) is 16.1 Å². The van der Waals surface area contributed by atoms with E-state index in [1.165, 1.54) is 11.3 Å². The maximum atomic E-state index is 11.9. The van der Waals surface area contributed by atoms with Crippen LogP contribution in [-0.2, 0) is 11.2 Å². The normalized spacial score (nSPS) is 10.8. The molecule has 3 aromatic rings. The van der Waals surface area contributed by atoms with Crippen molar-refractivity contribution in [1.82, 2.24) is 10.2 Å². The van der Waals surface area contributed by atoms with Gasteiger partial charge in [-0.2, -0.15) is 5.10 Å². The van der Waals surface area contributed by atoms with Crippen LogP contribution >= 0.6 is 22.9 Å². The van der Waals surface area contributed by atoms with E-state index < -0.39 is 0 Å². The summed E-state index contributed by atoms with van der Waals surface area (Å²) in [7, 11) is 0. The fourth-order valence-corrected chi connectivity index (χ4v) is 3.05. The molecule has 6 heteroatoms. The number of aromatic nitrogens is 2. The smallest absolute Gasteiger partial charge is 0.224 e. The fourth-order valence-electron chi connectivity index (χ4n) is 1.96. The number of carbonyl (C=O) groups is 1. The SMILES string of the molecule is O=C(CCc1ccc(Cl)s1)Nc1ccc2cn[nH]c2c1. The molecule has 2 N–H and O–H groups in total. The molecule has 0 unspecified atom stereocenters. The van der Waals surface area contributed by atoms with Crippen LogP contribution in [0.25, 0.3) is 10.9 Å². The Morgan fingerprint density at radius 3 is 3.05 bits per heavy atom. The van der Waals surface area contributed by atoms with Gasteiger partial charge in [0, 0.05) is 22.4 Å². The molecule has 0 bridgehead atoms. The molecule has 1 aromatic carbocycles. The van der Waals surface area contributed by atoms with Gasteiger partial charge in [0.15, 0.2) is 0 Å². The van der Waals surface area contributed by atoms with E-state index in [0.29, 0.717) is 12.8 Å². The minimum atomic E-state index is -0.00612. The minimum absolute atomic E-state index is 0.00612. The number of benzene rings is 1. The summed E-state index contributed by atoms with van der Waals surface area (Å²) < 4.78 is 0.755. The number of halogens is 1. The highest BCUT2D eigenvalue weighted by Crippen LogP contribution is 2.23. The predicted molar refractivity (Wildman–Crippen MR) is 82.4 cm³/mol. The summed E-state index contributed by atoms with van der Waals surface area (Å²) >= 11 is 7.37. The molecule has 1 amide bonds. The Labute approximate surface area is 124 Å². The number of anilines is 1. The number of hydrogen-bond acceptors (Lipinski definition) is 3. The molecule has 0 aliphatic heterocycles. The number of amides is 1. The second-order valence-corrected chi connectivity index (χ2v) is 6.23. The molecule has 0 atom stereocenters. The van der Waals surface area contributed by atoms with Crippen LogP contribution in [0.15, 0.2) is 36.5 Å². The summed E-state index contributed by atoms with van der Waals surface area (Å²) in [4.78, 5) is 13.0. The third-order valence-corrected chi connectivity index (χ3v) is 4.24. The zero-order valence-electron chi connectivity index (χ0n) is 10.5. The molecule has 0 spiro atoms. The Balaban J connectivity index is 1.60. The first-order chi connectivity index (χ1) is 9.70. The first kappa shape index (κ1) is 13.1. The van der Waals surface area contributed by atoms with E-state index in [-0.39, 0.29) is 5.91 Å². The van der Waals surface area contributed by atoms with Gasteiger partial charge in [-0.3, -0.25) is 9.89 Å². The molecule has 4 nitrogen and oxygen atoms in total. The molecule has 3 rings (SSSR count). The molecule has 2 heterocycles. The van der Waals surface area contributed by atoms with Gasteiger partial charge >= 0.3 is 0 Å². The van der Waals surface area contributed by atoms with Gasteiger partial charge in [-0.1, -0.05) is 11.6 Å². The van der Waals surface area contributed by atoms with Gasteiger partial charge in [0.25, 0.3) is 0 Å². The lowest BCUT2D eigenvalue weighted by atomic mass is 10.2. The molecule has 0 radical (unpaired) electrons. The van der Waals surface area contributed by atoms with Crippen LogP contribution in [0.2, 0.25) is 4.34 Å². The van der Waals surface area contributed by atoms with Crippen molar-refractivity contribution in [3.05, 3.63) is 45.7 Å². The second kappa shape index (κ2) is 5.64. The molecule has 0 saturated heterocycles. The van der Waals surface area contributed by atoms with Gasteiger partial charge in [-0.15, -0.1) is 11.3 Å². The van der Waals surface area contributed by atoms with E-state index in [4.69, 9.17) is 11.6 Å². The van der Waals surface area contributed by atoms with E-state index in [0.717, 1.165) is 25.8 Å². The lowest BCUT2D eigenvalue weighted by Gasteiger charge is -2.04. The minimum Gasteiger partial charge on any atom is -0.326 e. The molecule has 20 heavy (non-hydrogen) atoms. The molecular formula is C14H12ClN3OS. The number of thiophene rings is 1. The topological polar surface area (TPSA) is 57.8 Å². The highest BCUT2D eigenvalue weighted by molar-refractivity contribution is 7.16. The Morgan fingerprint density at radius 1 is 1.35 bits per heavy atom. The number of nitrogens with zero attached hydrogens (tertiary/aromatic N) is 1. The van der Waals surface area contributed by atoms with Gasteiger partial charge in [0.2, 0.25) is 5.91 Å². The monoisotopic (exact) mass is 305 g/mol. The van der Waals surface area contributed by atoms with Gasteiger partial charge in [-0.05, 0) is 36.8 Å². The van der Waals surface area contributed by atoms with E-state index in [9.17, 15) is 4.79 Å². The van der Waals surface area contributed by atoms with Crippen LogP contribution in [0.3, 0.4) is 0 Å². The molecule has 0 fully saturated rings. The standard InChI is InChI=1S/C14H12ClN3OS/c15-13-5-3-11(20-13)4-6-14(19)17-10-2-1-9-8-16-18-12(9)7-10/h1-3,5,7-8H,4,6H2,(H,16,18)(H,17,19). The third kappa shape index (κ3) is 3.00. The highest BCUT2D eigenvalue weighted by atomic mass is 35.5. The summed E-state index contributed by atoms with van der Waals surface area (Å²) in [5, 5.41) is 10.7. The number of hydrogen-bond donors (Lipinski definition) is 2. The van der Waals surface area contributed by atoms with Crippen LogP contribution in [0.1, 0.15) is 11.3 Å². The lowest BCUT2D eigenvalue weighted by molar-refractivity contribution is -0.116. The van der Waals surface area contributed by atoms with Crippen molar-refractivity contribution in [3.8, 4) is 0 Å². The number of aryl methyl sites for hydroxylation is 1. The van der Waals surface area contributed by atoms with E-state index in [1.54, 1.807) is 6.20 Å². The Bertz CT molecular complexity index is 750. The number of aromatic amines is 1. The van der Waals surface area contributed by atoms with Crippen molar-refractivity contribution in [2.24, 2.45) is 0 Å². The summed E-state index contributed by atoms with van der Waals surface area (Å²) in [5.41, 5.74) is 1.68. The van der Waals surface area contributed by atoms with Crippen molar-refractivity contribution in [2.45, 2.75) is 12.8 Å². The second-order valence-electron chi connectivity index (χ2n) is 4.43. The van der Waals surface area contributed by atoms with E-state index >= 15 is 0 Å². The number of rotatable bonds is 4. The predicted octanol–water partition coefficient (Wildman–Crippen LogP) is 3.85. The Kier molecular flexibility index (Phi) is 3.71. The molecule has 0 saturated carbocycles. The first-order valence-electron chi connectivity index (χ1n) is 6.18. The average molecular weight is 306 g/mol. The number of nitrogens with one attached hydrogen (secondary N) is 2. The number of fused-ring (bicyclic) bond motifs is 1. The zero-order chi connectivity index (χ0) is 13.9. The zero-order valence-corrected chi connectivity index (χ0v) is 12.1. The number of carbonyl (C=O) groups excluding carboxylic acids is 1. The number of H-pyrrole nitrogens is 1. The van der Waals surface area contributed by atoms with Crippen LogP contribution in [0.4, 0.5) is 5.69 Å².